The first-order valence-electron chi connectivity index (χ1n) is 5.31. The van der Waals surface area contributed by atoms with Crippen LogP contribution in [0, 0.1) is 0 Å². The summed E-state index contributed by atoms with van der Waals surface area (Å²) in [5, 5.41) is 3.07. The highest BCUT2D eigenvalue weighted by Gasteiger charge is 2.04. The monoisotopic (exact) mass is 225 g/mol. The first-order chi connectivity index (χ1) is 7.81. The molecule has 0 unspecified atom stereocenters. The van der Waals surface area contributed by atoms with E-state index in [9.17, 15) is 0 Å². The van der Waals surface area contributed by atoms with Gasteiger partial charge in [-0.3, -0.25) is 0 Å². The van der Waals surface area contributed by atoms with E-state index >= 15 is 0 Å². The standard InChI is InChI=1S/C12H19NO3/c1-13-7-4-8-16-10-5-6-11(14-2)12(9-10)15-3/h5-6,9,13H,4,7-8H2,1-3H3. The summed E-state index contributed by atoms with van der Waals surface area (Å²) in [4.78, 5) is 0. The molecule has 0 aliphatic rings. The van der Waals surface area contributed by atoms with E-state index in [-0.39, 0.29) is 0 Å². The molecule has 0 bridgehead atoms. The minimum absolute atomic E-state index is 0.689. The second-order valence-electron chi connectivity index (χ2n) is 3.32. The van der Waals surface area contributed by atoms with Gasteiger partial charge in [-0.05, 0) is 32.1 Å². The van der Waals surface area contributed by atoms with Gasteiger partial charge in [0.1, 0.15) is 5.75 Å². The first-order valence-corrected chi connectivity index (χ1v) is 5.31. The summed E-state index contributed by atoms with van der Waals surface area (Å²) in [6, 6.07) is 5.55. The van der Waals surface area contributed by atoms with Crippen LogP contribution in [0.25, 0.3) is 0 Å². The molecule has 1 aromatic rings. The van der Waals surface area contributed by atoms with E-state index in [1.165, 1.54) is 0 Å². The molecule has 0 aromatic heterocycles. The largest absolute Gasteiger partial charge is 0.493 e. The van der Waals surface area contributed by atoms with Gasteiger partial charge >= 0.3 is 0 Å². The molecule has 4 heteroatoms. The van der Waals surface area contributed by atoms with Crippen LogP contribution >= 0.6 is 0 Å². The minimum atomic E-state index is 0.689. The second kappa shape index (κ2) is 6.95. The topological polar surface area (TPSA) is 39.7 Å². The van der Waals surface area contributed by atoms with Crippen molar-refractivity contribution in [3.05, 3.63) is 18.2 Å². The Morgan fingerprint density at radius 3 is 2.50 bits per heavy atom. The predicted molar refractivity (Wildman–Crippen MR) is 63.6 cm³/mol. The van der Waals surface area contributed by atoms with Crippen molar-refractivity contribution >= 4 is 0 Å². The van der Waals surface area contributed by atoms with Crippen LogP contribution in [0.1, 0.15) is 6.42 Å². The van der Waals surface area contributed by atoms with Crippen LogP contribution in [0.5, 0.6) is 17.2 Å². The van der Waals surface area contributed by atoms with Crippen LogP contribution < -0.4 is 19.5 Å². The van der Waals surface area contributed by atoms with E-state index in [4.69, 9.17) is 14.2 Å². The van der Waals surface area contributed by atoms with Crippen LogP contribution in [0.4, 0.5) is 0 Å². The van der Waals surface area contributed by atoms with Crippen molar-refractivity contribution in [1.82, 2.24) is 5.32 Å². The number of ether oxygens (including phenoxy) is 3. The van der Waals surface area contributed by atoms with E-state index in [2.05, 4.69) is 5.32 Å². The lowest BCUT2D eigenvalue weighted by Crippen LogP contribution is -2.11. The van der Waals surface area contributed by atoms with Gasteiger partial charge < -0.3 is 19.5 Å². The maximum absolute atomic E-state index is 5.57. The molecule has 0 fully saturated rings. The molecule has 16 heavy (non-hydrogen) atoms. The highest BCUT2D eigenvalue weighted by molar-refractivity contribution is 5.45. The van der Waals surface area contributed by atoms with Crippen molar-refractivity contribution in [2.24, 2.45) is 0 Å². The number of rotatable bonds is 7. The smallest absolute Gasteiger partial charge is 0.164 e. The molecule has 0 saturated carbocycles. The SMILES string of the molecule is CNCCCOc1ccc(OC)c(OC)c1. The third-order valence-electron chi connectivity index (χ3n) is 2.19. The van der Waals surface area contributed by atoms with Gasteiger partial charge in [0.2, 0.25) is 0 Å². The molecule has 1 aromatic carbocycles. The lowest BCUT2D eigenvalue weighted by atomic mass is 10.3. The number of benzene rings is 1. The first kappa shape index (κ1) is 12.6. The van der Waals surface area contributed by atoms with Crippen LogP contribution in [-0.2, 0) is 0 Å². The predicted octanol–water partition coefficient (Wildman–Crippen LogP) is 1.69. The van der Waals surface area contributed by atoms with Crippen molar-refractivity contribution in [2.75, 3.05) is 34.4 Å². The Morgan fingerprint density at radius 2 is 1.88 bits per heavy atom. The van der Waals surface area contributed by atoms with E-state index in [1.807, 2.05) is 25.2 Å². The fourth-order valence-corrected chi connectivity index (χ4v) is 1.35. The van der Waals surface area contributed by atoms with E-state index in [1.54, 1.807) is 14.2 Å². The van der Waals surface area contributed by atoms with Crippen molar-refractivity contribution in [3.63, 3.8) is 0 Å². The zero-order chi connectivity index (χ0) is 11.8. The Labute approximate surface area is 96.5 Å². The van der Waals surface area contributed by atoms with Gasteiger partial charge in [-0.25, -0.2) is 0 Å². The molecule has 0 amide bonds. The molecular weight excluding hydrogens is 206 g/mol. The van der Waals surface area contributed by atoms with Crippen LogP contribution in [-0.4, -0.2) is 34.4 Å². The molecule has 0 heterocycles. The summed E-state index contributed by atoms with van der Waals surface area (Å²) in [7, 11) is 5.16. The second-order valence-corrected chi connectivity index (χ2v) is 3.32. The number of hydrogen-bond acceptors (Lipinski definition) is 4. The van der Waals surface area contributed by atoms with Gasteiger partial charge in [-0.1, -0.05) is 0 Å². The van der Waals surface area contributed by atoms with E-state index in [0.717, 1.165) is 18.7 Å². The Bertz CT molecular complexity index is 315. The molecule has 1 N–H and O–H groups in total. The maximum atomic E-state index is 5.57. The van der Waals surface area contributed by atoms with Gasteiger partial charge in [-0.2, -0.15) is 0 Å². The van der Waals surface area contributed by atoms with Gasteiger partial charge in [0.05, 0.1) is 20.8 Å². The zero-order valence-corrected chi connectivity index (χ0v) is 10.1. The summed E-state index contributed by atoms with van der Waals surface area (Å²) in [6.07, 6.45) is 0.977. The molecule has 1 rings (SSSR count). The molecule has 0 atom stereocenters. The van der Waals surface area contributed by atoms with Gasteiger partial charge in [0.25, 0.3) is 0 Å². The Kier molecular flexibility index (Phi) is 5.50. The van der Waals surface area contributed by atoms with Gasteiger partial charge in [-0.15, -0.1) is 0 Å². The molecule has 0 spiro atoms. The average molecular weight is 225 g/mol. The Hall–Kier alpha value is -1.42. The molecule has 0 saturated heterocycles. The van der Waals surface area contributed by atoms with E-state index < -0.39 is 0 Å². The van der Waals surface area contributed by atoms with Crippen LogP contribution in [0.3, 0.4) is 0 Å². The lowest BCUT2D eigenvalue weighted by Gasteiger charge is -2.10. The number of hydrogen-bond donors (Lipinski definition) is 1. The van der Waals surface area contributed by atoms with Gasteiger partial charge in [0, 0.05) is 6.07 Å². The Balaban J connectivity index is 2.54. The van der Waals surface area contributed by atoms with Crippen LogP contribution in [0.15, 0.2) is 18.2 Å². The zero-order valence-electron chi connectivity index (χ0n) is 10.1. The number of nitrogens with one attached hydrogen (secondary N) is 1. The molecule has 4 nitrogen and oxygen atoms in total. The highest BCUT2D eigenvalue weighted by Crippen LogP contribution is 2.30. The minimum Gasteiger partial charge on any atom is -0.493 e. The quantitative estimate of drug-likeness (QED) is 0.717. The van der Waals surface area contributed by atoms with Crippen LogP contribution in [0.2, 0.25) is 0 Å². The van der Waals surface area contributed by atoms with Crippen molar-refractivity contribution in [2.45, 2.75) is 6.42 Å². The lowest BCUT2D eigenvalue weighted by molar-refractivity contribution is 0.304. The third-order valence-corrected chi connectivity index (χ3v) is 2.19. The van der Waals surface area contributed by atoms with Gasteiger partial charge in [0.15, 0.2) is 11.5 Å². The fraction of sp³-hybridized carbons (Fsp3) is 0.500. The summed E-state index contributed by atoms with van der Waals surface area (Å²) in [5.74, 6) is 2.20. The summed E-state index contributed by atoms with van der Waals surface area (Å²) >= 11 is 0. The van der Waals surface area contributed by atoms with Crippen molar-refractivity contribution < 1.29 is 14.2 Å². The van der Waals surface area contributed by atoms with Crippen molar-refractivity contribution in [3.8, 4) is 17.2 Å². The molecule has 90 valence electrons. The molecule has 0 aliphatic heterocycles. The summed E-state index contributed by atoms with van der Waals surface area (Å²) < 4.78 is 15.9. The Morgan fingerprint density at radius 1 is 1.12 bits per heavy atom. The third kappa shape index (κ3) is 3.62. The molecule has 0 aliphatic carbocycles. The number of methoxy groups -OCH3 is 2. The normalized spacial score (nSPS) is 9.94. The molecular formula is C12H19NO3. The fourth-order valence-electron chi connectivity index (χ4n) is 1.35. The highest BCUT2D eigenvalue weighted by atomic mass is 16.5. The van der Waals surface area contributed by atoms with E-state index in [0.29, 0.717) is 18.1 Å². The van der Waals surface area contributed by atoms with Crippen molar-refractivity contribution in [1.29, 1.82) is 0 Å². The summed E-state index contributed by atoms with van der Waals surface area (Å²) in [6.45, 7) is 1.64. The molecule has 0 radical (unpaired) electrons. The summed E-state index contributed by atoms with van der Waals surface area (Å²) in [5.41, 5.74) is 0. The average Bonchev–Trinajstić information content (AvgIpc) is 2.34. The maximum Gasteiger partial charge on any atom is 0.164 e.